The molecule has 2 aromatic carbocycles. The van der Waals surface area contributed by atoms with Crippen molar-refractivity contribution in [2.24, 2.45) is 0 Å². The van der Waals surface area contributed by atoms with Gasteiger partial charge in [-0.2, -0.15) is 13.2 Å². The lowest BCUT2D eigenvalue weighted by Crippen LogP contribution is -2.23. The maximum atomic E-state index is 13.0. The number of halogens is 3. The van der Waals surface area contributed by atoms with Gasteiger partial charge in [-0.05, 0) is 29.8 Å². The molecule has 0 saturated carbocycles. The molecular weight excluding hydrogens is 347 g/mol. The molecule has 0 unspecified atom stereocenters. The van der Waals surface area contributed by atoms with E-state index in [1.165, 1.54) is 35.2 Å². The van der Waals surface area contributed by atoms with Crippen LogP contribution >= 0.6 is 0 Å². The Hall–Kier alpha value is -3.09. The molecule has 0 aliphatic carbocycles. The summed E-state index contributed by atoms with van der Waals surface area (Å²) in [5.41, 5.74) is -0.129. The van der Waals surface area contributed by atoms with E-state index in [-0.39, 0.29) is 17.7 Å². The minimum Gasteiger partial charge on any atom is -0.447 e. The Kier molecular flexibility index (Phi) is 4.79. The van der Waals surface area contributed by atoms with E-state index in [1.807, 2.05) is 0 Å². The summed E-state index contributed by atoms with van der Waals surface area (Å²) in [6, 6.07) is 11.3. The summed E-state index contributed by atoms with van der Waals surface area (Å²) in [5, 5.41) is 0. The van der Waals surface area contributed by atoms with Crippen molar-refractivity contribution in [3.05, 3.63) is 71.3 Å². The number of anilines is 1. The number of cyclic esters (lactones) is 1. The third-order valence-electron chi connectivity index (χ3n) is 3.88. The van der Waals surface area contributed by atoms with Crippen LogP contribution in [0.25, 0.3) is 6.08 Å². The molecular formula is C19H14F3NO3. The molecule has 1 heterocycles. The first-order valence-corrected chi connectivity index (χ1v) is 7.79. The molecule has 0 spiro atoms. The molecule has 0 bridgehead atoms. The number of amides is 1. The molecule has 1 amide bonds. The Bertz CT molecular complexity index is 874. The average molecular weight is 361 g/mol. The lowest BCUT2D eigenvalue weighted by Gasteiger charge is -2.13. The zero-order valence-corrected chi connectivity index (χ0v) is 13.5. The van der Waals surface area contributed by atoms with Crippen LogP contribution in [0.5, 0.6) is 0 Å². The quantitative estimate of drug-likeness (QED) is 0.593. The summed E-state index contributed by atoms with van der Waals surface area (Å²) >= 11 is 0. The number of nitrogens with zero attached hydrogens (tertiary/aromatic N) is 1. The molecule has 134 valence electrons. The SMILES string of the molecule is O=C(/C=C/c1ccccc1C(F)(F)F)c1cccc(N2CCOC2=O)c1. The Morgan fingerprint density at radius 1 is 1.12 bits per heavy atom. The lowest BCUT2D eigenvalue weighted by atomic mass is 10.0. The van der Waals surface area contributed by atoms with Crippen molar-refractivity contribution in [3.8, 4) is 0 Å². The third-order valence-corrected chi connectivity index (χ3v) is 3.88. The summed E-state index contributed by atoms with van der Waals surface area (Å²) in [6.07, 6.45) is -2.77. The third kappa shape index (κ3) is 3.77. The minimum atomic E-state index is -4.50. The van der Waals surface area contributed by atoms with Gasteiger partial charge >= 0.3 is 12.3 Å². The molecule has 1 aliphatic rings. The van der Waals surface area contributed by atoms with E-state index in [2.05, 4.69) is 0 Å². The van der Waals surface area contributed by atoms with Crippen molar-refractivity contribution in [1.82, 2.24) is 0 Å². The fraction of sp³-hybridized carbons (Fsp3) is 0.158. The molecule has 1 aliphatic heterocycles. The Labute approximate surface area is 147 Å². The molecule has 4 nitrogen and oxygen atoms in total. The van der Waals surface area contributed by atoms with Crippen LogP contribution in [-0.4, -0.2) is 25.0 Å². The number of rotatable bonds is 4. The minimum absolute atomic E-state index is 0.0902. The number of ether oxygens (including phenoxy) is 1. The summed E-state index contributed by atoms with van der Waals surface area (Å²) in [6.45, 7) is 0.649. The zero-order chi connectivity index (χ0) is 18.7. The van der Waals surface area contributed by atoms with E-state index in [4.69, 9.17) is 4.74 Å². The van der Waals surface area contributed by atoms with Gasteiger partial charge in [-0.1, -0.05) is 36.4 Å². The monoisotopic (exact) mass is 361 g/mol. The second kappa shape index (κ2) is 7.03. The predicted molar refractivity (Wildman–Crippen MR) is 89.9 cm³/mol. The van der Waals surface area contributed by atoms with Crippen LogP contribution in [0.15, 0.2) is 54.6 Å². The van der Waals surface area contributed by atoms with Crippen molar-refractivity contribution < 1.29 is 27.5 Å². The van der Waals surface area contributed by atoms with Crippen molar-refractivity contribution in [2.75, 3.05) is 18.1 Å². The fourth-order valence-electron chi connectivity index (χ4n) is 2.62. The molecule has 0 atom stereocenters. The summed E-state index contributed by atoms with van der Waals surface area (Å²) in [4.78, 5) is 25.3. The number of carbonyl (C=O) groups is 2. The molecule has 3 rings (SSSR count). The van der Waals surface area contributed by atoms with Crippen LogP contribution in [0.1, 0.15) is 21.5 Å². The van der Waals surface area contributed by atoms with Crippen molar-refractivity contribution in [1.29, 1.82) is 0 Å². The largest absolute Gasteiger partial charge is 0.447 e. The molecule has 0 N–H and O–H groups in total. The average Bonchev–Trinajstić information content (AvgIpc) is 3.05. The van der Waals surface area contributed by atoms with E-state index in [9.17, 15) is 22.8 Å². The highest BCUT2D eigenvalue weighted by Gasteiger charge is 2.32. The van der Waals surface area contributed by atoms with Crippen LogP contribution in [-0.2, 0) is 10.9 Å². The standard InChI is InChI=1S/C19H14F3NO3/c20-19(21,22)16-7-2-1-4-13(16)8-9-17(24)14-5-3-6-15(12-14)23-10-11-26-18(23)25/h1-9,12H,10-11H2/b9-8+. The van der Waals surface area contributed by atoms with Gasteiger partial charge in [0, 0.05) is 11.3 Å². The Morgan fingerprint density at radius 3 is 2.58 bits per heavy atom. The molecule has 0 radical (unpaired) electrons. The number of hydrogen-bond acceptors (Lipinski definition) is 3. The van der Waals surface area contributed by atoms with Crippen LogP contribution < -0.4 is 4.90 Å². The maximum absolute atomic E-state index is 13.0. The van der Waals surface area contributed by atoms with Gasteiger partial charge in [-0.3, -0.25) is 9.69 Å². The molecule has 0 aromatic heterocycles. The van der Waals surface area contributed by atoms with E-state index in [0.717, 1.165) is 18.2 Å². The number of benzene rings is 2. The first kappa shape index (κ1) is 17.7. The highest BCUT2D eigenvalue weighted by atomic mass is 19.4. The van der Waals surface area contributed by atoms with Crippen molar-refractivity contribution >= 4 is 23.6 Å². The fourth-order valence-corrected chi connectivity index (χ4v) is 2.62. The van der Waals surface area contributed by atoms with Gasteiger partial charge in [0.15, 0.2) is 5.78 Å². The van der Waals surface area contributed by atoms with Gasteiger partial charge in [0.05, 0.1) is 12.1 Å². The van der Waals surface area contributed by atoms with Crippen LogP contribution in [0.2, 0.25) is 0 Å². The van der Waals surface area contributed by atoms with E-state index in [1.54, 1.807) is 12.1 Å². The number of ketones is 1. The lowest BCUT2D eigenvalue weighted by molar-refractivity contribution is -0.137. The number of alkyl halides is 3. The summed E-state index contributed by atoms with van der Waals surface area (Å²) < 4.78 is 43.8. The number of carbonyl (C=O) groups excluding carboxylic acids is 2. The van der Waals surface area contributed by atoms with Gasteiger partial charge in [0.2, 0.25) is 0 Å². The van der Waals surface area contributed by atoms with Crippen LogP contribution in [0.3, 0.4) is 0 Å². The van der Waals surface area contributed by atoms with Gasteiger partial charge in [-0.25, -0.2) is 4.79 Å². The van der Waals surface area contributed by atoms with Gasteiger partial charge in [-0.15, -0.1) is 0 Å². The topological polar surface area (TPSA) is 46.6 Å². The smallest absolute Gasteiger partial charge is 0.416 e. The Morgan fingerprint density at radius 2 is 1.88 bits per heavy atom. The number of allylic oxidation sites excluding steroid dienone is 1. The first-order valence-electron chi connectivity index (χ1n) is 7.79. The van der Waals surface area contributed by atoms with Gasteiger partial charge < -0.3 is 4.74 Å². The first-order chi connectivity index (χ1) is 12.4. The molecule has 1 fully saturated rings. The molecule has 1 saturated heterocycles. The molecule has 7 heteroatoms. The normalized spacial score (nSPS) is 14.7. The second-order valence-corrected chi connectivity index (χ2v) is 5.60. The summed E-state index contributed by atoms with van der Waals surface area (Å²) in [5.74, 6) is -0.462. The van der Waals surface area contributed by atoms with E-state index < -0.39 is 23.6 Å². The van der Waals surface area contributed by atoms with Crippen LogP contribution in [0, 0.1) is 0 Å². The van der Waals surface area contributed by atoms with Crippen LogP contribution in [0.4, 0.5) is 23.7 Å². The molecule has 26 heavy (non-hydrogen) atoms. The summed E-state index contributed by atoms with van der Waals surface area (Å²) in [7, 11) is 0. The Balaban J connectivity index is 1.83. The highest BCUT2D eigenvalue weighted by molar-refractivity contribution is 6.07. The zero-order valence-electron chi connectivity index (χ0n) is 13.5. The van der Waals surface area contributed by atoms with E-state index in [0.29, 0.717) is 12.2 Å². The van der Waals surface area contributed by atoms with Gasteiger partial charge in [0.1, 0.15) is 6.61 Å². The molecule has 2 aromatic rings. The van der Waals surface area contributed by atoms with E-state index >= 15 is 0 Å². The maximum Gasteiger partial charge on any atom is 0.416 e. The van der Waals surface area contributed by atoms with Crippen molar-refractivity contribution in [2.45, 2.75) is 6.18 Å². The van der Waals surface area contributed by atoms with Gasteiger partial charge in [0.25, 0.3) is 0 Å². The van der Waals surface area contributed by atoms with Crippen molar-refractivity contribution in [3.63, 3.8) is 0 Å². The highest BCUT2D eigenvalue weighted by Crippen LogP contribution is 2.32. The second-order valence-electron chi connectivity index (χ2n) is 5.60. The predicted octanol–water partition coefficient (Wildman–Crippen LogP) is 4.56. The number of hydrogen-bond donors (Lipinski definition) is 0.